The first-order valence-corrected chi connectivity index (χ1v) is 5.99. The molecule has 0 aromatic heterocycles. The van der Waals surface area contributed by atoms with E-state index in [-0.39, 0.29) is 5.56 Å². The summed E-state index contributed by atoms with van der Waals surface area (Å²) in [5, 5.41) is 12.3. The molecule has 0 atom stereocenters. The number of benzene rings is 2. The molecule has 0 bridgehead atoms. The first kappa shape index (κ1) is 13.4. The fourth-order valence-electron chi connectivity index (χ4n) is 1.94. The maximum Gasteiger partial charge on any atom is 0.250 e. The van der Waals surface area contributed by atoms with Crippen LogP contribution in [-0.2, 0) is 0 Å². The third-order valence-corrected chi connectivity index (χ3v) is 2.96. The molecule has 20 heavy (non-hydrogen) atoms. The molecule has 0 aliphatic heterocycles. The summed E-state index contributed by atoms with van der Waals surface area (Å²) in [7, 11) is 0. The lowest BCUT2D eigenvalue weighted by Crippen LogP contribution is -2.14. The van der Waals surface area contributed by atoms with Crippen molar-refractivity contribution >= 4 is 23.0 Å². The molecule has 0 heterocycles. The smallest absolute Gasteiger partial charge is 0.250 e. The molecule has 100 valence electrons. The Hall–Kier alpha value is -3.00. The molecule has 0 saturated heterocycles. The number of nitriles is 1. The van der Waals surface area contributed by atoms with Gasteiger partial charge in [-0.3, -0.25) is 4.79 Å². The first-order chi connectivity index (χ1) is 9.52. The van der Waals surface area contributed by atoms with Gasteiger partial charge in [0.1, 0.15) is 6.07 Å². The van der Waals surface area contributed by atoms with E-state index < -0.39 is 5.91 Å². The Morgan fingerprint density at radius 2 is 2.00 bits per heavy atom. The molecular weight excluding hydrogens is 252 g/mol. The van der Waals surface area contributed by atoms with E-state index in [0.29, 0.717) is 22.6 Å². The minimum Gasteiger partial charge on any atom is -0.399 e. The van der Waals surface area contributed by atoms with E-state index in [9.17, 15) is 10.1 Å². The van der Waals surface area contributed by atoms with Crippen LogP contribution in [0.5, 0.6) is 0 Å². The Bertz CT molecular complexity index is 716. The minimum atomic E-state index is -0.578. The van der Waals surface area contributed by atoms with Crippen LogP contribution in [0.1, 0.15) is 21.5 Å². The molecule has 2 aromatic rings. The van der Waals surface area contributed by atoms with E-state index in [1.165, 1.54) is 6.07 Å². The topological polar surface area (TPSA) is 105 Å². The summed E-state index contributed by atoms with van der Waals surface area (Å²) in [6.07, 6.45) is 0. The molecule has 0 saturated carbocycles. The average Bonchev–Trinajstić information content (AvgIpc) is 2.41. The van der Waals surface area contributed by atoms with Crippen molar-refractivity contribution in [2.24, 2.45) is 5.73 Å². The maximum absolute atomic E-state index is 11.4. The number of primary amides is 1. The standard InChI is InChI=1S/C15H14N4O/c1-9-3-2-4-13(12(9)8-16)19-14-6-5-10(17)7-11(14)15(18)20/h2-7,19H,17H2,1H3,(H2,18,20). The van der Waals surface area contributed by atoms with Gasteiger partial charge >= 0.3 is 0 Å². The molecule has 0 aliphatic rings. The Morgan fingerprint density at radius 1 is 1.25 bits per heavy atom. The quantitative estimate of drug-likeness (QED) is 0.741. The monoisotopic (exact) mass is 266 g/mol. The van der Waals surface area contributed by atoms with Crippen LogP contribution >= 0.6 is 0 Å². The normalized spacial score (nSPS) is 9.80. The zero-order valence-corrected chi connectivity index (χ0v) is 11.0. The van der Waals surface area contributed by atoms with Gasteiger partial charge in [0.15, 0.2) is 0 Å². The Labute approximate surface area is 116 Å². The SMILES string of the molecule is Cc1cccc(Nc2ccc(N)cc2C(N)=O)c1C#N. The number of carbonyl (C=O) groups is 1. The molecule has 5 heteroatoms. The summed E-state index contributed by atoms with van der Waals surface area (Å²) in [6.45, 7) is 1.85. The number of nitrogens with zero attached hydrogens (tertiary/aromatic N) is 1. The van der Waals surface area contributed by atoms with Gasteiger partial charge in [-0.2, -0.15) is 5.26 Å². The van der Waals surface area contributed by atoms with Crippen molar-refractivity contribution in [1.29, 1.82) is 5.26 Å². The fourth-order valence-corrected chi connectivity index (χ4v) is 1.94. The molecular formula is C15H14N4O. The summed E-state index contributed by atoms with van der Waals surface area (Å²) in [5.41, 5.74) is 14.3. The highest BCUT2D eigenvalue weighted by Gasteiger charge is 2.11. The average molecular weight is 266 g/mol. The van der Waals surface area contributed by atoms with E-state index in [4.69, 9.17) is 11.5 Å². The van der Waals surface area contributed by atoms with E-state index in [2.05, 4.69) is 11.4 Å². The molecule has 0 unspecified atom stereocenters. The van der Waals surface area contributed by atoms with E-state index in [1.54, 1.807) is 18.2 Å². The first-order valence-electron chi connectivity index (χ1n) is 5.99. The number of carbonyl (C=O) groups excluding carboxylic acids is 1. The summed E-state index contributed by atoms with van der Waals surface area (Å²) in [4.78, 5) is 11.4. The van der Waals surface area contributed by atoms with Crippen molar-refractivity contribution in [1.82, 2.24) is 0 Å². The Kier molecular flexibility index (Phi) is 3.58. The Balaban J connectivity index is 2.49. The number of nitrogens with two attached hydrogens (primary N) is 2. The Morgan fingerprint density at radius 3 is 2.65 bits per heavy atom. The zero-order chi connectivity index (χ0) is 14.7. The van der Waals surface area contributed by atoms with Gasteiger partial charge in [0.25, 0.3) is 5.91 Å². The molecule has 5 nitrogen and oxygen atoms in total. The largest absolute Gasteiger partial charge is 0.399 e. The molecule has 0 fully saturated rings. The second-order valence-corrected chi connectivity index (χ2v) is 4.40. The number of nitrogens with one attached hydrogen (secondary N) is 1. The summed E-state index contributed by atoms with van der Waals surface area (Å²) in [6, 6.07) is 12.4. The highest BCUT2D eigenvalue weighted by molar-refractivity contribution is 6.00. The van der Waals surface area contributed by atoms with Crippen molar-refractivity contribution in [3.05, 3.63) is 53.1 Å². The summed E-state index contributed by atoms with van der Waals surface area (Å²) >= 11 is 0. The van der Waals surface area contributed by atoms with E-state index in [1.807, 2.05) is 19.1 Å². The van der Waals surface area contributed by atoms with Crippen LogP contribution in [0.3, 0.4) is 0 Å². The number of hydrogen-bond acceptors (Lipinski definition) is 4. The van der Waals surface area contributed by atoms with Crippen LogP contribution in [0.15, 0.2) is 36.4 Å². The molecule has 0 aliphatic carbocycles. The minimum absolute atomic E-state index is 0.287. The number of rotatable bonds is 3. The summed E-state index contributed by atoms with van der Waals surface area (Å²) in [5.74, 6) is -0.578. The van der Waals surface area contributed by atoms with Gasteiger partial charge in [0.05, 0.1) is 22.5 Å². The molecule has 0 radical (unpaired) electrons. The zero-order valence-electron chi connectivity index (χ0n) is 11.0. The molecule has 2 aromatic carbocycles. The van der Waals surface area contributed by atoms with Gasteiger partial charge in [-0.05, 0) is 36.8 Å². The number of anilines is 3. The van der Waals surface area contributed by atoms with Crippen molar-refractivity contribution in [2.75, 3.05) is 11.1 Å². The third-order valence-electron chi connectivity index (χ3n) is 2.96. The van der Waals surface area contributed by atoms with E-state index in [0.717, 1.165) is 5.56 Å². The van der Waals surface area contributed by atoms with E-state index >= 15 is 0 Å². The predicted molar refractivity (Wildman–Crippen MR) is 78.5 cm³/mol. The predicted octanol–water partition coefficient (Wildman–Crippen LogP) is 2.29. The summed E-state index contributed by atoms with van der Waals surface area (Å²) < 4.78 is 0. The van der Waals surface area contributed by atoms with Crippen LogP contribution in [-0.4, -0.2) is 5.91 Å². The fraction of sp³-hybridized carbons (Fsp3) is 0.0667. The lowest BCUT2D eigenvalue weighted by Gasteiger charge is -2.13. The van der Waals surface area contributed by atoms with Gasteiger partial charge in [0.2, 0.25) is 0 Å². The maximum atomic E-state index is 11.4. The molecule has 2 rings (SSSR count). The van der Waals surface area contributed by atoms with Crippen molar-refractivity contribution in [2.45, 2.75) is 6.92 Å². The highest BCUT2D eigenvalue weighted by Crippen LogP contribution is 2.26. The van der Waals surface area contributed by atoms with Crippen molar-refractivity contribution < 1.29 is 4.79 Å². The lowest BCUT2D eigenvalue weighted by atomic mass is 10.1. The van der Waals surface area contributed by atoms with Crippen molar-refractivity contribution in [3.8, 4) is 6.07 Å². The molecule has 5 N–H and O–H groups in total. The highest BCUT2D eigenvalue weighted by atomic mass is 16.1. The second-order valence-electron chi connectivity index (χ2n) is 4.40. The van der Waals surface area contributed by atoms with Gasteiger partial charge < -0.3 is 16.8 Å². The number of nitrogen functional groups attached to an aromatic ring is 1. The van der Waals surface area contributed by atoms with Gasteiger partial charge in [-0.15, -0.1) is 0 Å². The number of aryl methyl sites for hydroxylation is 1. The van der Waals surface area contributed by atoms with Crippen LogP contribution in [0, 0.1) is 18.3 Å². The van der Waals surface area contributed by atoms with Crippen molar-refractivity contribution in [3.63, 3.8) is 0 Å². The number of hydrogen-bond donors (Lipinski definition) is 3. The van der Waals surface area contributed by atoms with Crippen LogP contribution in [0.2, 0.25) is 0 Å². The number of amides is 1. The van der Waals surface area contributed by atoms with Gasteiger partial charge in [-0.25, -0.2) is 0 Å². The third kappa shape index (κ3) is 2.54. The van der Waals surface area contributed by atoms with Crippen LogP contribution in [0.4, 0.5) is 17.1 Å². The van der Waals surface area contributed by atoms with Gasteiger partial charge in [0, 0.05) is 5.69 Å². The van der Waals surface area contributed by atoms with Gasteiger partial charge in [-0.1, -0.05) is 12.1 Å². The molecule has 1 amide bonds. The molecule has 0 spiro atoms. The lowest BCUT2D eigenvalue weighted by molar-refractivity contribution is 0.100. The van der Waals surface area contributed by atoms with Crippen LogP contribution < -0.4 is 16.8 Å². The second kappa shape index (κ2) is 5.33. The van der Waals surface area contributed by atoms with Crippen LogP contribution in [0.25, 0.3) is 0 Å².